The minimum absolute atomic E-state index is 0.0691. The monoisotopic (exact) mass is 292 g/mol. The molecule has 106 valence electrons. The average molecular weight is 292 g/mol. The molecule has 1 heterocycles. The number of aliphatic hydroxyl groups excluding tert-OH is 1. The highest BCUT2D eigenvalue weighted by Gasteiger charge is 2.13. The molecule has 4 N–H and O–H groups in total. The van der Waals surface area contributed by atoms with Crippen LogP contribution in [0.3, 0.4) is 0 Å². The predicted molar refractivity (Wildman–Crippen MR) is 77.5 cm³/mol. The van der Waals surface area contributed by atoms with Crippen molar-refractivity contribution in [2.24, 2.45) is 5.84 Å². The maximum absolute atomic E-state index is 11.6. The average Bonchev–Trinajstić information content (AvgIpc) is 2.94. The number of carbonyl (C=O) groups excluding carboxylic acids is 1. The third kappa shape index (κ3) is 3.36. The van der Waals surface area contributed by atoms with Gasteiger partial charge in [-0.25, -0.2) is 5.84 Å². The Balaban J connectivity index is 2.09. The molecule has 1 amide bonds. The van der Waals surface area contributed by atoms with Crippen LogP contribution in [0.4, 0.5) is 0 Å². The number of rotatable bonds is 6. The standard InChI is InChI=1S/C14H16N2O3S/c15-16-14(18)13-11(6-8-20-13)9-19-12-4-2-1-3-10(12)5-7-17/h1-4,6,8,17H,5,7,9,15H2,(H,16,18). The third-order valence-corrected chi connectivity index (χ3v) is 3.78. The Morgan fingerprint density at radius 1 is 1.30 bits per heavy atom. The smallest absolute Gasteiger partial charge is 0.275 e. The fourth-order valence-corrected chi connectivity index (χ4v) is 2.65. The Bertz CT molecular complexity index is 583. The number of benzene rings is 1. The topological polar surface area (TPSA) is 84.6 Å². The lowest BCUT2D eigenvalue weighted by molar-refractivity contribution is 0.0955. The second-order valence-electron chi connectivity index (χ2n) is 4.12. The molecular formula is C14H16N2O3S. The molecule has 20 heavy (non-hydrogen) atoms. The van der Waals surface area contributed by atoms with E-state index in [1.165, 1.54) is 11.3 Å². The number of hydrogen-bond acceptors (Lipinski definition) is 5. The zero-order chi connectivity index (χ0) is 14.4. The lowest BCUT2D eigenvalue weighted by Crippen LogP contribution is -2.30. The van der Waals surface area contributed by atoms with E-state index in [4.69, 9.17) is 15.7 Å². The predicted octanol–water partition coefficient (Wildman–Crippen LogP) is 1.47. The Kier molecular flexibility index (Phi) is 5.11. The van der Waals surface area contributed by atoms with E-state index in [0.717, 1.165) is 11.1 Å². The van der Waals surface area contributed by atoms with E-state index in [9.17, 15) is 4.79 Å². The van der Waals surface area contributed by atoms with E-state index < -0.39 is 0 Å². The van der Waals surface area contributed by atoms with Crippen LogP contribution in [0.25, 0.3) is 0 Å². The summed E-state index contributed by atoms with van der Waals surface area (Å²) in [6.07, 6.45) is 0.538. The first-order chi connectivity index (χ1) is 9.76. The van der Waals surface area contributed by atoms with Gasteiger partial charge in [0.15, 0.2) is 0 Å². The van der Waals surface area contributed by atoms with Gasteiger partial charge < -0.3 is 9.84 Å². The molecule has 1 aromatic heterocycles. The van der Waals surface area contributed by atoms with Gasteiger partial charge in [0.2, 0.25) is 0 Å². The summed E-state index contributed by atoms with van der Waals surface area (Å²) in [4.78, 5) is 12.1. The molecule has 2 aromatic rings. The summed E-state index contributed by atoms with van der Waals surface area (Å²) in [5.74, 6) is 5.54. The summed E-state index contributed by atoms with van der Waals surface area (Å²) in [6.45, 7) is 0.356. The van der Waals surface area contributed by atoms with E-state index >= 15 is 0 Å². The van der Waals surface area contributed by atoms with Crippen LogP contribution in [-0.2, 0) is 13.0 Å². The van der Waals surface area contributed by atoms with E-state index in [2.05, 4.69) is 5.43 Å². The number of thiophene rings is 1. The molecule has 0 unspecified atom stereocenters. The van der Waals surface area contributed by atoms with Crippen molar-refractivity contribution in [2.75, 3.05) is 6.61 Å². The molecule has 0 aliphatic rings. The van der Waals surface area contributed by atoms with E-state index in [1.54, 1.807) is 0 Å². The third-order valence-electron chi connectivity index (χ3n) is 2.82. The van der Waals surface area contributed by atoms with Gasteiger partial charge in [-0.15, -0.1) is 11.3 Å². The summed E-state index contributed by atoms with van der Waals surface area (Å²) < 4.78 is 5.74. The van der Waals surface area contributed by atoms with Crippen LogP contribution in [0.15, 0.2) is 35.7 Å². The van der Waals surface area contributed by atoms with E-state index in [0.29, 0.717) is 17.0 Å². The normalized spacial score (nSPS) is 10.3. The molecule has 0 saturated heterocycles. The van der Waals surface area contributed by atoms with Crippen molar-refractivity contribution in [3.8, 4) is 5.75 Å². The van der Waals surface area contributed by atoms with Crippen LogP contribution in [-0.4, -0.2) is 17.6 Å². The molecule has 0 spiro atoms. The lowest BCUT2D eigenvalue weighted by atomic mass is 10.1. The number of carbonyl (C=O) groups is 1. The highest BCUT2D eigenvalue weighted by atomic mass is 32.1. The van der Waals surface area contributed by atoms with Crippen LogP contribution >= 0.6 is 11.3 Å². The van der Waals surface area contributed by atoms with Crippen molar-refractivity contribution in [3.63, 3.8) is 0 Å². The molecule has 2 rings (SSSR count). The number of hydrazine groups is 1. The largest absolute Gasteiger partial charge is 0.489 e. The van der Waals surface area contributed by atoms with E-state index in [-0.39, 0.29) is 19.1 Å². The first-order valence-corrected chi connectivity index (χ1v) is 7.03. The molecule has 0 fully saturated rings. The first-order valence-electron chi connectivity index (χ1n) is 6.15. The van der Waals surface area contributed by atoms with Crippen molar-refractivity contribution in [1.82, 2.24) is 5.43 Å². The quantitative estimate of drug-likeness (QED) is 0.427. The Labute approximate surface area is 121 Å². The van der Waals surface area contributed by atoms with Crippen molar-refractivity contribution in [3.05, 3.63) is 51.7 Å². The van der Waals surface area contributed by atoms with Gasteiger partial charge in [-0.2, -0.15) is 0 Å². The number of nitrogen functional groups attached to an aromatic ring is 1. The highest BCUT2D eigenvalue weighted by Crippen LogP contribution is 2.22. The van der Waals surface area contributed by atoms with Gasteiger partial charge >= 0.3 is 0 Å². The molecule has 0 saturated carbocycles. The molecular weight excluding hydrogens is 276 g/mol. The Morgan fingerprint density at radius 3 is 2.85 bits per heavy atom. The lowest BCUT2D eigenvalue weighted by Gasteiger charge is -2.11. The summed E-state index contributed by atoms with van der Waals surface area (Å²) in [7, 11) is 0. The molecule has 1 aromatic carbocycles. The van der Waals surface area contributed by atoms with Crippen molar-refractivity contribution in [1.29, 1.82) is 0 Å². The van der Waals surface area contributed by atoms with Crippen molar-refractivity contribution in [2.45, 2.75) is 13.0 Å². The Hall–Kier alpha value is -1.89. The zero-order valence-electron chi connectivity index (χ0n) is 10.8. The maximum Gasteiger partial charge on any atom is 0.275 e. The van der Waals surface area contributed by atoms with Gasteiger partial charge in [0.05, 0.1) is 4.88 Å². The first kappa shape index (κ1) is 14.5. The SMILES string of the molecule is NNC(=O)c1sccc1COc1ccccc1CCO. The van der Waals surface area contributed by atoms with E-state index in [1.807, 2.05) is 35.7 Å². The molecule has 0 aliphatic heterocycles. The molecule has 0 radical (unpaired) electrons. The highest BCUT2D eigenvalue weighted by molar-refractivity contribution is 7.12. The van der Waals surface area contributed by atoms with Crippen molar-refractivity contribution < 1.29 is 14.6 Å². The van der Waals surface area contributed by atoms with Crippen LogP contribution in [0.5, 0.6) is 5.75 Å². The zero-order valence-corrected chi connectivity index (χ0v) is 11.7. The molecule has 0 atom stereocenters. The molecule has 0 aliphatic carbocycles. The number of para-hydroxylation sites is 1. The summed E-state index contributed by atoms with van der Waals surface area (Å²) >= 11 is 1.32. The van der Waals surface area contributed by atoms with Crippen LogP contribution in [0.1, 0.15) is 20.8 Å². The number of amides is 1. The summed E-state index contributed by atoms with van der Waals surface area (Å²) in [5.41, 5.74) is 3.85. The number of nitrogens with one attached hydrogen (secondary N) is 1. The number of ether oxygens (including phenoxy) is 1. The second kappa shape index (κ2) is 7.04. The van der Waals surface area contributed by atoms with Crippen LogP contribution in [0.2, 0.25) is 0 Å². The molecule has 5 nitrogen and oxygen atoms in total. The summed E-state index contributed by atoms with van der Waals surface area (Å²) in [5, 5.41) is 10.8. The second-order valence-corrected chi connectivity index (χ2v) is 5.03. The van der Waals surface area contributed by atoms with Gasteiger partial charge in [0, 0.05) is 12.2 Å². The van der Waals surface area contributed by atoms with Gasteiger partial charge in [0.1, 0.15) is 12.4 Å². The van der Waals surface area contributed by atoms with Gasteiger partial charge in [-0.05, 0) is 29.5 Å². The number of nitrogens with two attached hydrogens (primary N) is 1. The Morgan fingerprint density at radius 2 is 2.10 bits per heavy atom. The summed E-state index contributed by atoms with van der Waals surface area (Å²) in [6, 6.07) is 9.36. The molecule has 0 bridgehead atoms. The number of hydrogen-bond donors (Lipinski definition) is 3. The molecule has 6 heteroatoms. The van der Waals surface area contributed by atoms with Crippen molar-refractivity contribution >= 4 is 17.2 Å². The minimum Gasteiger partial charge on any atom is -0.489 e. The van der Waals surface area contributed by atoms with Gasteiger partial charge in [-0.1, -0.05) is 18.2 Å². The van der Waals surface area contributed by atoms with Crippen LogP contribution in [0, 0.1) is 0 Å². The fraction of sp³-hybridized carbons (Fsp3) is 0.214. The van der Waals surface area contributed by atoms with Gasteiger partial charge in [-0.3, -0.25) is 10.2 Å². The minimum atomic E-state index is -0.317. The van der Waals surface area contributed by atoms with Gasteiger partial charge in [0.25, 0.3) is 5.91 Å². The maximum atomic E-state index is 11.6. The number of aliphatic hydroxyl groups is 1. The van der Waals surface area contributed by atoms with Crippen LogP contribution < -0.4 is 16.0 Å². The fourth-order valence-electron chi connectivity index (χ4n) is 1.84.